The van der Waals surface area contributed by atoms with Crippen LogP contribution in [0.4, 0.5) is 0 Å². The van der Waals surface area contributed by atoms with Gasteiger partial charge in [-0.1, -0.05) is 52.9 Å². The Kier molecular flexibility index (Phi) is 35.6. The molecule has 0 amide bonds. The number of nitrogens with one attached hydrogen (secondary N) is 3. The van der Waals surface area contributed by atoms with Gasteiger partial charge in [0.25, 0.3) is 0 Å². The molecule has 1 radical (unpaired) electrons. The molecule has 2 unspecified atom stereocenters. The van der Waals surface area contributed by atoms with E-state index in [4.69, 9.17) is 0 Å². The van der Waals surface area contributed by atoms with E-state index in [0.717, 1.165) is 32.6 Å². The Morgan fingerprint density at radius 1 is 0.792 bits per heavy atom. The molecule has 0 aromatic heterocycles. The summed E-state index contributed by atoms with van der Waals surface area (Å²) in [5.41, 5.74) is 0. The molecule has 1 rings (SSSR count). The maximum absolute atomic E-state index is 3.73. The first kappa shape index (κ1) is 32.6. The molecule has 0 bridgehead atoms. The Labute approximate surface area is 174 Å². The van der Waals surface area contributed by atoms with Crippen LogP contribution in [0.2, 0.25) is 0 Å². The second-order valence-corrected chi connectivity index (χ2v) is 6.10. The van der Waals surface area contributed by atoms with Gasteiger partial charge in [0, 0.05) is 38.3 Å². The smallest absolute Gasteiger partial charge is 1.00 e. The van der Waals surface area contributed by atoms with Gasteiger partial charge in [-0.15, -0.1) is 0 Å². The quantitative estimate of drug-likeness (QED) is 0.308. The van der Waals surface area contributed by atoms with E-state index in [1.807, 2.05) is 0 Å². The summed E-state index contributed by atoms with van der Waals surface area (Å²) < 4.78 is 0. The van der Waals surface area contributed by atoms with Crippen molar-refractivity contribution in [3.8, 4) is 0 Å². The molecule has 0 aromatic rings. The van der Waals surface area contributed by atoms with Gasteiger partial charge in [-0.25, -0.2) is 0 Å². The molecule has 2 atom stereocenters. The van der Waals surface area contributed by atoms with E-state index in [9.17, 15) is 0 Å². The molecule has 0 aliphatic carbocycles. The molecule has 6 heteroatoms. The van der Waals surface area contributed by atoms with Crippen molar-refractivity contribution in [2.75, 3.05) is 26.2 Å². The minimum absolute atomic E-state index is 0. The van der Waals surface area contributed by atoms with Crippen LogP contribution >= 0.6 is 0 Å². The van der Waals surface area contributed by atoms with E-state index in [0.29, 0.717) is 12.1 Å². The van der Waals surface area contributed by atoms with E-state index >= 15 is 0 Å². The summed E-state index contributed by atoms with van der Waals surface area (Å²) in [5, 5.41) is 10.9. The van der Waals surface area contributed by atoms with E-state index in [1.54, 1.807) is 0 Å². The van der Waals surface area contributed by atoms with Gasteiger partial charge in [-0.05, 0) is 12.8 Å². The van der Waals surface area contributed by atoms with Gasteiger partial charge < -0.3 is 47.7 Å². The zero-order chi connectivity index (χ0) is 15.8. The topological polar surface area (TPSA) is 36.1 Å². The predicted molar refractivity (Wildman–Crippen MR) is 95.8 cm³/mol. The standard InChI is InChI=1S/C14H31N3.C4H9.2ClH.Cu/c1-3-5-7-13-11-15-9-10-16-14(12-17-13)8-6-4-2;1-3-4-2;;;/h13-17H,3-12H2,1-2H3;1,3-4H2,2H3;2*1H;/q;-1;;;+2/p-2. The molecule has 0 saturated carbocycles. The summed E-state index contributed by atoms with van der Waals surface area (Å²) in [5.74, 6) is 0. The van der Waals surface area contributed by atoms with Crippen LogP contribution in [0.1, 0.15) is 72.1 Å². The first-order valence-electron chi connectivity index (χ1n) is 9.25. The summed E-state index contributed by atoms with van der Waals surface area (Å²) in [6, 6.07) is 1.33. The first-order chi connectivity index (χ1) is 10.3. The fourth-order valence-corrected chi connectivity index (χ4v) is 2.40. The second-order valence-electron chi connectivity index (χ2n) is 6.10. The maximum atomic E-state index is 3.73. The number of rotatable bonds is 7. The van der Waals surface area contributed by atoms with Crippen molar-refractivity contribution in [1.29, 1.82) is 0 Å². The molecule has 1 saturated heterocycles. The molecule has 0 spiro atoms. The average Bonchev–Trinajstić information content (AvgIpc) is 2.63. The van der Waals surface area contributed by atoms with Crippen molar-refractivity contribution >= 4 is 0 Å². The number of hydrogen-bond donors (Lipinski definition) is 3. The Bertz CT molecular complexity index is 193. The van der Waals surface area contributed by atoms with Crippen molar-refractivity contribution in [2.24, 2.45) is 0 Å². The Morgan fingerprint density at radius 3 is 1.75 bits per heavy atom. The summed E-state index contributed by atoms with van der Waals surface area (Å²) >= 11 is 0. The monoisotopic (exact) mass is 431 g/mol. The van der Waals surface area contributed by atoms with E-state index in [-0.39, 0.29) is 41.9 Å². The Hall–Kier alpha value is 0.979. The van der Waals surface area contributed by atoms with Crippen LogP contribution in [0.25, 0.3) is 0 Å². The van der Waals surface area contributed by atoms with Crippen LogP contribution in [0.5, 0.6) is 0 Å². The zero-order valence-corrected chi connectivity index (χ0v) is 18.4. The molecule has 3 N–H and O–H groups in total. The minimum atomic E-state index is 0. The molecule has 0 aromatic carbocycles. The molecule has 153 valence electrons. The van der Waals surface area contributed by atoms with E-state index in [1.165, 1.54) is 44.9 Å². The van der Waals surface area contributed by atoms with Gasteiger partial charge in [0.1, 0.15) is 0 Å². The van der Waals surface area contributed by atoms with Crippen LogP contribution in [0, 0.1) is 6.92 Å². The molecular weight excluding hydrogens is 393 g/mol. The largest absolute Gasteiger partial charge is 2.00 e. The predicted octanol–water partition coefficient (Wildman–Crippen LogP) is -2.49. The summed E-state index contributed by atoms with van der Waals surface area (Å²) in [6.45, 7) is 14.7. The molecule has 1 heterocycles. The third-order valence-electron chi connectivity index (χ3n) is 3.94. The van der Waals surface area contributed by atoms with Gasteiger partial charge in [0.05, 0.1) is 0 Å². The van der Waals surface area contributed by atoms with Crippen LogP contribution in [0.3, 0.4) is 0 Å². The molecule has 1 aliphatic heterocycles. The van der Waals surface area contributed by atoms with Crippen molar-refractivity contribution in [3.63, 3.8) is 0 Å². The molecule has 24 heavy (non-hydrogen) atoms. The fourth-order valence-electron chi connectivity index (χ4n) is 2.40. The fraction of sp³-hybridized carbons (Fsp3) is 0.944. The van der Waals surface area contributed by atoms with Crippen LogP contribution in [0.15, 0.2) is 0 Å². The van der Waals surface area contributed by atoms with Crippen LogP contribution in [-0.2, 0) is 17.1 Å². The maximum Gasteiger partial charge on any atom is 2.00 e. The van der Waals surface area contributed by atoms with E-state index in [2.05, 4.69) is 43.6 Å². The summed E-state index contributed by atoms with van der Waals surface area (Å²) in [4.78, 5) is 0. The Morgan fingerprint density at radius 2 is 1.29 bits per heavy atom. The number of halogens is 2. The third kappa shape index (κ3) is 21.0. The SMILES string of the molecule is CCCCC1CNCCNC(CCCC)CN1.[CH2-]CCC.[Cl-].[Cl-].[Cu+2]. The zero-order valence-electron chi connectivity index (χ0n) is 15.9. The molecule has 3 nitrogen and oxygen atoms in total. The summed E-state index contributed by atoms with van der Waals surface area (Å²) in [7, 11) is 0. The first-order valence-corrected chi connectivity index (χ1v) is 9.25. The number of unbranched alkanes of at least 4 members (excludes halogenated alkanes) is 3. The minimum Gasteiger partial charge on any atom is -1.00 e. The van der Waals surface area contributed by atoms with Gasteiger partial charge in [-0.2, -0.15) is 6.42 Å². The van der Waals surface area contributed by atoms with Crippen LogP contribution < -0.4 is 40.8 Å². The Balaban J connectivity index is -0.000000258. The average molecular weight is 433 g/mol. The summed E-state index contributed by atoms with van der Waals surface area (Å²) in [6.07, 6.45) is 10.2. The normalized spacial score (nSPS) is 20.5. The van der Waals surface area contributed by atoms with E-state index < -0.39 is 0 Å². The molecular formula is C18H40Cl2CuN3-. The van der Waals surface area contributed by atoms with Gasteiger partial charge in [0.15, 0.2) is 0 Å². The third-order valence-corrected chi connectivity index (χ3v) is 3.94. The van der Waals surface area contributed by atoms with Crippen molar-refractivity contribution in [1.82, 2.24) is 16.0 Å². The van der Waals surface area contributed by atoms with Gasteiger partial charge in [-0.3, -0.25) is 0 Å². The van der Waals surface area contributed by atoms with Crippen molar-refractivity contribution < 1.29 is 41.9 Å². The van der Waals surface area contributed by atoms with Crippen molar-refractivity contribution in [2.45, 2.75) is 84.2 Å². The van der Waals surface area contributed by atoms with Crippen LogP contribution in [-0.4, -0.2) is 38.3 Å². The van der Waals surface area contributed by atoms with Gasteiger partial charge >= 0.3 is 17.1 Å². The molecule has 1 fully saturated rings. The second kappa shape index (κ2) is 26.2. The number of hydrogen-bond acceptors (Lipinski definition) is 3. The molecule has 1 aliphatic rings. The van der Waals surface area contributed by atoms with Crippen molar-refractivity contribution in [3.05, 3.63) is 6.92 Å². The van der Waals surface area contributed by atoms with Gasteiger partial charge in [0.2, 0.25) is 0 Å².